The summed E-state index contributed by atoms with van der Waals surface area (Å²) >= 11 is 5.82. The van der Waals surface area contributed by atoms with E-state index in [-0.39, 0.29) is 11.6 Å². The Hall–Kier alpha value is -3.04. The number of tetrazole rings is 1. The first-order chi connectivity index (χ1) is 11.2. The van der Waals surface area contributed by atoms with Gasteiger partial charge in [0.1, 0.15) is 0 Å². The van der Waals surface area contributed by atoms with Crippen LogP contribution in [0.15, 0.2) is 54.6 Å². The van der Waals surface area contributed by atoms with Crippen LogP contribution in [0.5, 0.6) is 0 Å². The topological polar surface area (TPSA) is 84.5 Å². The fourth-order valence-corrected chi connectivity index (χ4v) is 2.27. The summed E-state index contributed by atoms with van der Waals surface area (Å²) in [5.41, 5.74) is 1.06. The van der Waals surface area contributed by atoms with Crippen molar-refractivity contribution in [3.8, 4) is 11.8 Å². The van der Waals surface area contributed by atoms with E-state index in [1.165, 1.54) is 4.68 Å². The second-order valence-corrected chi connectivity index (χ2v) is 5.15. The summed E-state index contributed by atoms with van der Waals surface area (Å²) in [5.74, 6) is -1.30. The molecule has 0 unspecified atom stereocenters. The molecule has 0 aliphatic carbocycles. The second kappa shape index (κ2) is 6.38. The molecule has 0 spiro atoms. The summed E-state index contributed by atoms with van der Waals surface area (Å²) in [6.45, 7) is 0. The van der Waals surface area contributed by atoms with E-state index < -0.39 is 5.92 Å². The summed E-state index contributed by atoms with van der Waals surface area (Å²) < 4.78 is 1.39. The van der Waals surface area contributed by atoms with Crippen molar-refractivity contribution in [3.05, 3.63) is 71.0 Å². The molecule has 1 heterocycles. The van der Waals surface area contributed by atoms with Gasteiger partial charge in [-0.25, -0.2) is 0 Å². The number of aromatic nitrogens is 4. The van der Waals surface area contributed by atoms with Crippen molar-refractivity contribution in [1.82, 2.24) is 20.2 Å². The first-order valence-electron chi connectivity index (χ1n) is 6.74. The molecule has 23 heavy (non-hydrogen) atoms. The van der Waals surface area contributed by atoms with Crippen LogP contribution in [0.3, 0.4) is 0 Å². The van der Waals surface area contributed by atoms with E-state index in [2.05, 4.69) is 15.5 Å². The fourth-order valence-electron chi connectivity index (χ4n) is 2.14. The third kappa shape index (κ3) is 2.96. The highest BCUT2D eigenvalue weighted by atomic mass is 35.5. The number of ketones is 1. The van der Waals surface area contributed by atoms with Gasteiger partial charge in [0, 0.05) is 10.6 Å². The lowest BCUT2D eigenvalue weighted by atomic mass is 9.98. The van der Waals surface area contributed by atoms with Crippen molar-refractivity contribution < 1.29 is 4.79 Å². The lowest BCUT2D eigenvalue weighted by Gasteiger charge is -2.09. The van der Waals surface area contributed by atoms with Crippen molar-refractivity contribution in [3.63, 3.8) is 0 Å². The van der Waals surface area contributed by atoms with E-state index in [1.54, 1.807) is 36.4 Å². The van der Waals surface area contributed by atoms with E-state index >= 15 is 0 Å². The van der Waals surface area contributed by atoms with Crippen LogP contribution in [0.4, 0.5) is 0 Å². The second-order valence-electron chi connectivity index (χ2n) is 4.72. The number of nitriles is 1. The molecule has 0 bridgehead atoms. The smallest absolute Gasteiger partial charge is 0.187 e. The summed E-state index contributed by atoms with van der Waals surface area (Å²) in [7, 11) is 0. The van der Waals surface area contributed by atoms with Gasteiger partial charge in [0.2, 0.25) is 0 Å². The highest BCUT2D eigenvalue weighted by Gasteiger charge is 2.28. The highest BCUT2D eigenvalue weighted by Crippen LogP contribution is 2.21. The number of hydrogen-bond donors (Lipinski definition) is 0. The molecule has 6 nitrogen and oxygen atoms in total. The molecule has 0 saturated carbocycles. The van der Waals surface area contributed by atoms with Crippen LogP contribution >= 0.6 is 11.6 Å². The summed E-state index contributed by atoms with van der Waals surface area (Å²) in [4.78, 5) is 12.6. The van der Waals surface area contributed by atoms with E-state index in [0.717, 1.165) is 0 Å². The molecule has 112 valence electrons. The Morgan fingerprint density at radius 2 is 1.83 bits per heavy atom. The summed E-state index contributed by atoms with van der Waals surface area (Å²) in [6.07, 6.45) is 0. The van der Waals surface area contributed by atoms with Crippen molar-refractivity contribution in [2.75, 3.05) is 0 Å². The van der Waals surface area contributed by atoms with Crippen LogP contribution < -0.4 is 0 Å². The van der Waals surface area contributed by atoms with Gasteiger partial charge in [0.15, 0.2) is 17.5 Å². The summed E-state index contributed by atoms with van der Waals surface area (Å²) in [5, 5.41) is 21.3. The average Bonchev–Trinajstić information content (AvgIpc) is 3.06. The SMILES string of the molecule is N#C[C@@H](C(=O)c1ccc(Cl)cc1)c1nnnn1-c1ccccc1. The van der Waals surface area contributed by atoms with Gasteiger partial charge in [-0.05, 0) is 46.8 Å². The minimum atomic E-state index is -1.11. The van der Waals surface area contributed by atoms with Crippen molar-refractivity contribution in [1.29, 1.82) is 5.26 Å². The molecule has 7 heteroatoms. The fraction of sp³-hybridized carbons (Fsp3) is 0.0625. The molecule has 1 aromatic heterocycles. The van der Waals surface area contributed by atoms with Crippen LogP contribution in [0.2, 0.25) is 5.02 Å². The zero-order valence-electron chi connectivity index (χ0n) is 11.8. The van der Waals surface area contributed by atoms with Gasteiger partial charge in [-0.3, -0.25) is 4.79 Å². The Morgan fingerprint density at radius 1 is 1.13 bits per heavy atom. The van der Waals surface area contributed by atoms with Gasteiger partial charge in [-0.15, -0.1) is 5.10 Å². The quantitative estimate of drug-likeness (QED) is 0.689. The van der Waals surface area contributed by atoms with Crippen LogP contribution in [-0.4, -0.2) is 26.0 Å². The number of benzene rings is 2. The molecule has 0 saturated heterocycles. The Morgan fingerprint density at radius 3 is 2.48 bits per heavy atom. The van der Waals surface area contributed by atoms with Gasteiger partial charge in [0.25, 0.3) is 0 Å². The maximum Gasteiger partial charge on any atom is 0.187 e. The minimum absolute atomic E-state index is 0.179. The molecule has 0 aliphatic rings. The molecule has 3 rings (SSSR count). The van der Waals surface area contributed by atoms with Crippen LogP contribution in [-0.2, 0) is 0 Å². The van der Waals surface area contributed by atoms with Crippen molar-refractivity contribution in [2.24, 2.45) is 0 Å². The van der Waals surface area contributed by atoms with Gasteiger partial charge in [0.05, 0.1) is 11.8 Å². The number of para-hydroxylation sites is 1. The van der Waals surface area contributed by atoms with Crippen molar-refractivity contribution >= 4 is 17.4 Å². The van der Waals surface area contributed by atoms with Gasteiger partial charge in [-0.1, -0.05) is 29.8 Å². The van der Waals surface area contributed by atoms with E-state index in [9.17, 15) is 10.1 Å². The zero-order valence-corrected chi connectivity index (χ0v) is 12.6. The molecule has 0 fully saturated rings. The molecule has 2 aromatic carbocycles. The Balaban J connectivity index is 2.00. The number of hydrogen-bond acceptors (Lipinski definition) is 5. The molecule has 0 radical (unpaired) electrons. The van der Waals surface area contributed by atoms with Gasteiger partial charge >= 0.3 is 0 Å². The van der Waals surface area contributed by atoms with Crippen LogP contribution in [0.25, 0.3) is 5.69 Å². The number of carbonyl (C=O) groups excluding carboxylic acids is 1. The Labute approximate surface area is 136 Å². The molecule has 0 N–H and O–H groups in total. The first kappa shape index (κ1) is 14.9. The van der Waals surface area contributed by atoms with Crippen LogP contribution in [0.1, 0.15) is 22.1 Å². The molecular weight excluding hydrogens is 314 g/mol. The average molecular weight is 324 g/mol. The van der Waals surface area contributed by atoms with E-state index in [1.807, 2.05) is 24.3 Å². The summed E-state index contributed by atoms with van der Waals surface area (Å²) in [6, 6.07) is 17.4. The maximum atomic E-state index is 12.6. The Kier molecular flexibility index (Phi) is 4.13. The third-order valence-electron chi connectivity index (χ3n) is 3.27. The number of halogens is 1. The van der Waals surface area contributed by atoms with Gasteiger partial charge < -0.3 is 0 Å². The molecular formula is C16H10ClN5O. The maximum absolute atomic E-state index is 12.6. The van der Waals surface area contributed by atoms with Crippen LogP contribution in [0, 0.1) is 11.3 Å². The monoisotopic (exact) mass is 323 g/mol. The predicted molar refractivity (Wildman–Crippen MR) is 83.3 cm³/mol. The van der Waals surface area contributed by atoms with Crippen molar-refractivity contribution in [2.45, 2.75) is 5.92 Å². The Bertz CT molecular complexity index is 867. The highest BCUT2D eigenvalue weighted by molar-refractivity contribution is 6.30. The zero-order chi connectivity index (χ0) is 16.2. The molecule has 0 aliphatic heterocycles. The standard InChI is InChI=1S/C16H10ClN5O/c17-12-8-6-11(7-9-12)15(23)14(10-18)16-19-20-21-22(16)13-4-2-1-3-5-13/h1-9,14H/t14-/m0/s1. The molecule has 0 amide bonds. The lowest BCUT2D eigenvalue weighted by Crippen LogP contribution is -2.16. The first-order valence-corrected chi connectivity index (χ1v) is 7.11. The van der Waals surface area contributed by atoms with Gasteiger partial charge in [-0.2, -0.15) is 9.94 Å². The van der Waals surface area contributed by atoms with E-state index in [0.29, 0.717) is 16.3 Å². The molecule has 3 aromatic rings. The number of Topliss-reactive ketones (excluding diaryl/α,β-unsaturated/α-hetero) is 1. The number of rotatable bonds is 4. The normalized spacial score (nSPS) is 11.7. The number of carbonyl (C=O) groups is 1. The largest absolute Gasteiger partial charge is 0.292 e. The third-order valence-corrected chi connectivity index (χ3v) is 3.52. The minimum Gasteiger partial charge on any atom is -0.292 e. The number of nitrogens with zero attached hydrogens (tertiary/aromatic N) is 5. The lowest BCUT2D eigenvalue weighted by molar-refractivity contribution is 0.0975. The molecule has 1 atom stereocenters. The van der Waals surface area contributed by atoms with E-state index in [4.69, 9.17) is 11.6 Å². The predicted octanol–water partition coefficient (Wildman–Crippen LogP) is 2.81.